The van der Waals surface area contributed by atoms with Gasteiger partial charge in [0.15, 0.2) is 5.67 Å². The number of nitrogens with one attached hydrogen (secondary N) is 2. The smallest absolute Gasteiger partial charge is 0.258 e. The van der Waals surface area contributed by atoms with Gasteiger partial charge in [0.2, 0.25) is 11.8 Å². The van der Waals surface area contributed by atoms with Gasteiger partial charge in [-0.1, -0.05) is 32.9 Å². The highest BCUT2D eigenvalue weighted by molar-refractivity contribution is 7.13. The third-order valence-electron chi connectivity index (χ3n) is 8.74. The van der Waals surface area contributed by atoms with Crippen LogP contribution in [-0.4, -0.2) is 129 Å². The van der Waals surface area contributed by atoms with Gasteiger partial charge in [0.25, 0.3) is 5.91 Å². The summed E-state index contributed by atoms with van der Waals surface area (Å²) in [6, 6.07) is 3.63. The number of thiazole rings is 1. The Balaban J connectivity index is 1.31. The molecule has 3 amide bonds. The zero-order valence-electron chi connectivity index (χ0n) is 30.6. The monoisotopic (exact) mass is 751 g/mol. The molecule has 4 rings (SSSR count). The molecule has 52 heavy (non-hydrogen) atoms. The summed E-state index contributed by atoms with van der Waals surface area (Å²) < 4.78 is 42.5. The van der Waals surface area contributed by atoms with Gasteiger partial charge in [0.05, 0.1) is 75.0 Å². The summed E-state index contributed by atoms with van der Waals surface area (Å²) in [5.41, 5.74) is 6.92. The average Bonchev–Trinajstić information content (AvgIpc) is 3.51. The first kappa shape index (κ1) is 41.5. The number of aliphatic hydroxyl groups is 1. The second kappa shape index (κ2) is 19.7. The lowest BCUT2D eigenvalue weighted by atomic mass is 9.85. The molecule has 0 spiro atoms. The molecule has 5 N–H and O–H groups in total. The van der Waals surface area contributed by atoms with Crippen molar-refractivity contribution in [3.05, 3.63) is 35.0 Å². The largest absolute Gasteiger partial charge is 0.491 e. The van der Waals surface area contributed by atoms with E-state index in [2.05, 4.69) is 15.6 Å². The quantitative estimate of drug-likeness (QED) is 0.129. The van der Waals surface area contributed by atoms with Crippen molar-refractivity contribution in [3.8, 4) is 16.2 Å². The molecule has 1 unspecified atom stereocenters. The molecule has 14 nitrogen and oxygen atoms in total. The minimum absolute atomic E-state index is 0.0284. The number of aromatic nitrogens is 1. The molecule has 0 radical (unpaired) electrons. The fourth-order valence-electron chi connectivity index (χ4n) is 5.63. The Kier molecular flexibility index (Phi) is 15.7. The maximum Gasteiger partial charge on any atom is 0.258 e. The maximum atomic E-state index is 14.5. The number of nitrogens with zero attached hydrogens (tertiary/aromatic N) is 2. The molecule has 2 aromatic rings. The molecular weight excluding hydrogens is 697 g/mol. The Morgan fingerprint density at radius 3 is 2.21 bits per heavy atom. The van der Waals surface area contributed by atoms with Gasteiger partial charge in [-0.15, -0.1) is 11.3 Å². The zero-order valence-corrected chi connectivity index (χ0v) is 31.4. The Hall–Kier alpha value is -3.25. The molecule has 1 aromatic carbocycles. The minimum Gasteiger partial charge on any atom is -0.491 e. The van der Waals surface area contributed by atoms with Crippen molar-refractivity contribution < 1.29 is 47.6 Å². The van der Waals surface area contributed by atoms with Gasteiger partial charge in [-0.05, 0) is 36.8 Å². The lowest BCUT2D eigenvalue weighted by Gasteiger charge is -2.35. The molecule has 2 fully saturated rings. The number of rotatable bonds is 22. The fraction of sp³-hybridized carbons (Fsp3) is 0.667. The van der Waals surface area contributed by atoms with Crippen molar-refractivity contribution >= 4 is 29.1 Å². The van der Waals surface area contributed by atoms with Crippen LogP contribution >= 0.6 is 11.3 Å². The molecule has 0 bridgehead atoms. The van der Waals surface area contributed by atoms with Crippen molar-refractivity contribution in [1.82, 2.24) is 20.5 Å². The van der Waals surface area contributed by atoms with Crippen molar-refractivity contribution in [1.29, 1.82) is 0 Å². The average molecular weight is 752 g/mol. The lowest BCUT2D eigenvalue weighted by molar-refractivity contribution is -0.145. The van der Waals surface area contributed by atoms with E-state index in [4.69, 9.17) is 29.4 Å². The summed E-state index contributed by atoms with van der Waals surface area (Å²) in [5, 5.41) is 16.0. The van der Waals surface area contributed by atoms with E-state index in [0.29, 0.717) is 70.7 Å². The van der Waals surface area contributed by atoms with Crippen LogP contribution in [0.15, 0.2) is 23.7 Å². The number of ether oxygens (including phenoxy) is 5. The summed E-state index contributed by atoms with van der Waals surface area (Å²) >= 11 is 1.51. The van der Waals surface area contributed by atoms with Gasteiger partial charge < -0.3 is 50.1 Å². The number of nitrogens with two attached hydrogens (primary N) is 1. The number of carbonyl (C=O) groups excluding carboxylic acids is 3. The van der Waals surface area contributed by atoms with Gasteiger partial charge in [0.1, 0.15) is 24.4 Å². The summed E-state index contributed by atoms with van der Waals surface area (Å²) in [5.74, 6) is -1.28. The molecule has 1 aliphatic heterocycles. The zero-order chi connectivity index (χ0) is 37.7. The molecule has 2 heterocycles. The summed E-state index contributed by atoms with van der Waals surface area (Å²) in [7, 11) is 0. The normalized spacial score (nSPS) is 18.6. The standard InChI is InChI=1S/C36H54FN5O9S/c1-24-30(52-23-40-24)25-5-6-26(29(19-25)51-18-17-50-16-15-49-14-13-48-12-11-47-10-9-38)21-39-32(44)28-20-27(43)22-42(28)33(45)31(35(2,3)4)41-34(46)36(37)7-8-36/h5-6,19,23,27-28,31,43H,7-18,20-22,38H2,1-4H3,(H,39,44)(H,41,46)/t27-,28+,31?/m1/s1. The van der Waals surface area contributed by atoms with Crippen LogP contribution in [0.3, 0.4) is 0 Å². The Morgan fingerprint density at radius 2 is 1.65 bits per heavy atom. The van der Waals surface area contributed by atoms with Crippen molar-refractivity contribution in [3.63, 3.8) is 0 Å². The first-order valence-electron chi connectivity index (χ1n) is 17.8. The molecule has 1 saturated heterocycles. The van der Waals surface area contributed by atoms with Crippen LogP contribution < -0.4 is 21.1 Å². The lowest BCUT2D eigenvalue weighted by Crippen LogP contribution is -2.59. The number of carbonyl (C=O) groups is 3. The van der Waals surface area contributed by atoms with E-state index in [9.17, 15) is 23.9 Å². The Labute approximate surface area is 308 Å². The van der Waals surface area contributed by atoms with E-state index < -0.39 is 47.0 Å². The highest BCUT2D eigenvalue weighted by atomic mass is 32.1. The number of alkyl halides is 1. The molecule has 290 valence electrons. The van der Waals surface area contributed by atoms with E-state index >= 15 is 0 Å². The third-order valence-corrected chi connectivity index (χ3v) is 9.72. The number of β-amino-alcohol motifs (C(OH)–C–C–N with tert-alkyl or cyclic N) is 1. The van der Waals surface area contributed by atoms with E-state index in [1.54, 1.807) is 26.3 Å². The van der Waals surface area contributed by atoms with Crippen LogP contribution in [0, 0.1) is 12.3 Å². The molecule has 1 saturated carbocycles. The minimum atomic E-state index is -1.96. The predicted molar refractivity (Wildman–Crippen MR) is 193 cm³/mol. The SMILES string of the molecule is Cc1ncsc1-c1ccc(CNC(=O)[C@@H]2C[C@@H](O)CN2C(=O)C(NC(=O)C2(F)CC2)C(C)(C)C)c(OCCOCCOCCOCCOCCN)c1. The van der Waals surface area contributed by atoms with Crippen LogP contribution in [0.1, 0.15) is 51.3 Å². The number of aryl methyl sites for hydroxylation is 1. The number of hydrogen-bond acceptors (Lipinski definition) is 12. The van der Waals surface area contributed by atoms with E-state index in [1.807, 2.05) is 25.1 Å². The van der Waals surface area contributed by atoms with Gasteiger partial charge in [0, 0.05) is 31.6 Å². The fourth-order valence-corrected chi connectivity index (χ4v) is 6.43. The molecule has 3 atom stereocenters. The third kappa shape index (κ3) is 12.1. The van der Waals surface area contributed by atoms with Crippen molar-refractivity contribution in [2.45, 2.75) is 77.4 Å². The maximum absolute atomic E-state index is 14.5. The number of benzene rings is 1. The Morgan fingerprint density at radius 1 is 1.04 bits per heavy atom. The first-order valence-corrected chi connectivity index (χ1v) is 18.7. The molecular formula is C36H54FN5O9S. The second-order valence-corrected chi connectivity index (χ2v) is 14.9. The van der Waals surface area contributed by atoms with Crippen LogP contribution in [0.2, 0.25) is 0 Å². The summed E-state index contributed by atoms with van der Waals surface area (Å²) in [6.07, 6.45) is -0.681. The number of amides is 3. The van der Waals surface area contributed by atoms with Gasteiger partial charge in [-0.3, -0.25) is 14.4 Å². The van der Waals surface area contributed by atoms with Crippen LogP contribution in [-0.2, 0) is 39.9 Å². The van der Waals surface area contributed by atoms with Crippen LogP contribution in [0.5, 0.6) is 5.75 Å². The summed E-state index contributed by atoms with van der Waals surface area (Å²) in [4.78, 5) is 46.6. The van der Waals surface area contributed by atoms with E-state index in [1.165, 1.54) is 16.2 Å². The predicted octanol–water partition coefficient (Wildman–Crippen LogP) is 2.13. The topological polar surface area (TPSA) is 184 Å². The highest BCUT2D eigenvalue weighted by Crippen LogP contribution is 2.40. The number of likely N-dealkylation sites (tertiary alicyclic amines) is 1. The van der Waals surface area contributed by atoms with E-state index in [0.717, 1.165) is 16.1 Å². The molecule has 16 heteroatoms. The van der Waals surface area contributed by atoms with Gasteiger partial charge in [-0.25, -0.2) is 9.37 Å². The van der Waals surface area contributed by atoms with Crippen LogP contribution in [0.25, 0.3) is 10.4 Å². The first-order chi connectivity index (χ1) is 24.8. The highest BCUT2D eigenvalue weighted by Gasteiger charge is 2.53. The number of halogens is 1. The van der Waals surface area contributed by atoms with E-state index in [-0.39, 0.29) is 39.0 Å². The molecule has 1 aromatic heterocycles. The van der Waals surface area contributed by atoms with Crippen molar-refractivity contribution in [2.24, 2.45) is 11.1 Å². The van der Waals surface area contributed by atoms with Gasteiger partial charge >= 0.3 is 0 Å². The number of hydrogen-bond donors (Lipinski definition) is 4. The molecule has 2 aliphatic rings. The van der Waals surface area contributed by atoms with Crippen LogP contribution in [0.4, 0.5) is 4.39 Å². The summed E-state index contributed by atoms with van der Waals surface area (Å²) in [6.45, 7) is 11.4. The number of aliphatic hydroxyl groups excluding tert-OH is 1. The van der Waals surface area contributed by atoms with Crippen molar-refractivity contribution in [2.75, 3.05) is 72.6 Å². The Bertz CT molecular complexity index is 1470. The second-order valence-electron chi connectivity index (χ2n) is 14.0. The van der Waals surface area contributed by atoms with Gasteiger partial charge in [-0.2, -0.15) is 0 Å². The molecule has 1 aliphatic carbocycles.